The Kier molecular flexibility index (Phi) is 7.43. The monoisotopic (exact) mass is 446 g/mol. The van der Waals surface area contributed by atoms with Gasteiger partial charge in [0.05, 0.1) is 0 Å². The predicted octanol–water partition coefficient (Wildman–Crippen LogP) is 2.14. The average Bonchev–Trinajstić information content (AvgIpc) is 1.97. The standard InChI is InChI=1S/C6H2Br4S.Na.H/c7-2-1-3(8)6(11)5(10)4(2)9;;/h1,11H;;/q;+1;-1. The van der Waals surface area contributed by atoms with Crippen LogP contribution in [-0.2, 0) is 0 Å². The van der Waals surface area contributed by atoms with E-state index in [0.717, 1.165) is 22.8 Å². The molecule has 0 bridgehead atoms. The van der Waals surface area contributed by atoms with Crippen LogP contribution in [0.2, 0.25) is 0 Å². The molecule has 1 rings (SSSR count). The van der Waals surface area contributed by atoms with Crippen molar-refractivity contribution in [3.05, 3.63) is 24.0 Å². The van der Waals surface area contributed by atoms with Crippen molar-refractivity contribution < 1.29 is 31.0 Å². The van der Waals surface area contributed by atoms with Crippen molar-refractivity contribution in [2.24, 2.45) is 0 Å². The summed E-state index contributed by atoms with van der Waals surface area (Å²) in [5.74, 6) is 0. The molecule has 12 heavy (non-hydrogen) atoms. The van der Waals surface area contributed by atoms with E-state index in [4.69, 9.17) is 0 Å². The SMILES string of the molecule is Sc1c(Br)cc(Br)c(Br)c1Br.[H-].[Na+]. The molecule has 0 amide bonds. The Labute approximate surface area is 134 Å². The minimum absolute atomic E-state index is 0. The van der Waals surface area contributed by atoms with E-state index in [9.17, 15) is 0 Å². The van der Waals surface area contributed by atoms with E-state index in [2.05, 4.69) is 76.3 Å². The number of rotatable bonds is 0. The van der Waals surface area contributed by atoms with Gasteiger partial charge in [0.2, 0.25) is 0 Å². The van der Waals surface area contributed by atoms with Crippen LogP contribution in [-0.4, -0.2) is 0 Å². The molecular formula is C6H3Br4NaS. The van der Waals surface area contributed by atoms with Crippen LogP contribution in [0, 0.1) is 0 Å². The quantitative estimate of drug-likeness (QED) is 0.267. The molecule has 0 aliphatic rings. The molecule has 6 heteroatoms. The van der Waals surface area contributed by atoms with Crippen LogP contribution >= 0.6 is 76.3 Å². The fourth-order valence-corrected chi connectivity index (χ4v) is 3.32. The summed E-state index contributed by atoms with van der Waals surface area (Å²) < 4.78 is 3.88. The van der Waals surface area contributed by atoms with Crippen molar-refractivity contribution in [2.75, 3.05) is 0 Å². The third-order valence-electron chi connectivity index (χ3n) is 1.09. The van der Waals surface area contributed by atoms with Gasteiger partial charge in [0.25, 0.3) is 0 Å². The van der Waals surface area contributed by atoms with Gasteiger partial charge in [-0.1, -0.05) is 0 Å². The van der Waals surface area contributed by atoms with Gasteiger partial charge in [-0.2, -0.15) is 0 Å². The maximum absolute atomic E-state index is 4.28. The van der Waals surface area contributed by atoms with Crippen LogP contribution in [0.5, 0.6) is 0 Å². The van der Waals surface area contributed by atoms with Gasteiger partial charge < -0.3 is 1.43 Å². The maximum atomic E-state index is 4.28. The summed E-state index contributed by atoms with van der Waals surface area (Å²) in [5.41, 5.74) is 0. The van der Waals surface area contributed by atoms with Crippen LogP contribution in [0.3, 0.4) is 0 Å². The summed E-state index contributed by atoms with van der Waals surface area (Å²) >= 11 is 17.8. The van der Waals surface area contributed by atoms with Gasteiger partial charge in [0, 0.05) is 22.8 Å². The molecule has 0 nitrogen and oxygen atoms in total. The van der Waals surface area contributed by atoms with Gasteiger partial charge >= 0.3 is 29.6 Å². The molecule has 62 valence electrons. The van der Waals surface area contributed by atoms with Crippen molar-refractivity contribution in [2.45, 2.75) is 4.90 Å². The zero-order valence-corrected chi connectivity index (χ0v) is 15.3. The Morgan fingerprint density at radius 3 is 2.00 bits per heavy atom. The van der Waals surface area contributed by atoms with Crippen LogP contribution < -0.4 is 29.6 Å². The Balaban J connectivity index is 0. The molecule has 0 N–H and O–H groups in total. The first-order valence-electron chi connectivity index (χ1n) is 2.56. The minimum atomic E-state index is 0. The first-order valence-corrected chi connectivity index (χ1v) is 6.18. The zero-order chi connectivity index (χ0) is 8.59. The second-order valence-corrected chi connectivity index (χ2v) is 5.56. The number of thiol groups is 1. The van der Waals surface area contributed by atoms with E-state index in [1.54, 1.807) is 0 Å². The molecule has 1 aromatic carbocycles. The van der Waals surface area contributed by atoms with Crippen molar-refractivity contribution >= 4 is 76.3 Å². The maximum Gasteiger partial charge on any atom is 1.00 e. The van der Waals surface area contributed by atoms with Gasteiger partial charge in [-0.05, 0) is 69.8 Å². The number of benzene rings is 1. The Bertz CT molecular complexity index is 281. The first-order chi connectivity index (χ1) is 5.04. The van der Waals surface area contributed by atoms with Gasteiger partial charge in [0.15, 0.2) is 0 Å². The zero-order valence-electron chi connectivity index (χ0n) is 7.04. The van der Waals surface area contributed by atoms with E-state index >= 15 is 0 Å². The summed E-state index contributed by atoms with van der Waals surface area (Å²) in [7, 11) is 0. The number of halogens is 4. The van der Waals surface area contributed by atoms with Gasteiger partial charge in [-0.25, -0.2) is 0 Å². The van der Waals surface area contributed by atoms with Crippen molar-refractivity contribution in [1.82, 2.24) is 0 Å². The van der Waals surface area contributed by atoms with Crippen molar-refractivity contribution in [3.8, 4) is 0 Å². The summed E-state index contributed by atoms with van der Waals surface area (Å²) in [6.07, 6.45) is 0. The molecule has 0 saturated carbocycles. The predicted molar refractivity (Wildman–Crippen MR) is 65.6 cm³/mol. The molecular weight excluding hydrogens is 447 g/mol. The summed E-state index contributed by atoms with van der Waals surface area (Å²) in [5, 5.41) is 0. The van der Waals surface area contributed by atoms with E-state index < -0.39 is 0 Å². The normalized spacial score (nSPS) is 9.42. The topological polar surface area (TPSA) is 0 Å². The van der Waals surface area contributed by atoms with E-state index in [1.165, 1.54) is 0 Å². The minimum Gasteiger partial charge on any atom is -1.00 e. The van der Waals surface area contributed by atoms with E-state index in [-0.39, 0.29) is 31.0 Å². The third kappa shape index (κ3) is 3.26. The van der Waals surface area contributed by atoms with E-state index in [1.807, 2.05) is 6.07 Å². The fourth-order valence-electron chi connectivity index (χ4n) is 0.557. The van der Waals surface area contributed by atoms with Crippen LogP contribution in [0.25, 0.3) is 0 Å². The molecule has 0 atom stereocenters. The van der Waals surface area contributed by atoms with Gasteiger partial charge in [-0.3, -0.25) is 0 Å². The molecule has 0 radical (unpaired) electrons. The molecule has 0 fully saturated rings. The van der Waals surface area contributed by atoms with Crippen LogP contribution in [0.4, 0.5) is 0 Å². The molecule has 0 aliphatic heterocycles. The van der Waals surface area contributed by atoms with Crippen molar-refractivity contribution in [3.63, 3.8) is 0 Å². The first kappa shape index (κ1) is 14.5. The second-order valence-electron chi connectivity index (χ2n) is 1.82. The molecule has 0 aromatic heterocycles. The summed E-state index contributed by atoms with van der Waals surface area (Å²) in [4.78, 5) is 0.889. The molecule has 0 spiro atoms. The van der Waals surface area contributed by atoms with Crippen molar-refractivity contribution in [1.29, 1.82) is 0 Å². The van der Waals surface area contributed by atoms with Gasteiger partial charge in [0.1, 0.15) is 0 Å². The van der Waals surface area contributed by atoms with Crippen LogP contribution in [0.1, 0.15) is 1.43 Å². The number of hydrogen-bond acceptors (Lipinski definition) is 1. The van der Waals surface area contributed by atoms with Crippen LogP contribution in [0.15, 0.2) is 28.9 Å². The van der Waals surface area contributed by atoms with E-state index in [0.29, 0.717) is 0 Å². The Morgan fingerprint density at radius 2 is 1.50 bits per heavy atom. The number of hydrogen-bond donors (Lipinski definition) is 1. The Hall–Kier alpha value is 2.49. The largest absolute Gasteiger partial charge is 1.00 e. The molecule has 1 aromatic rings. The molecule has 0 saturated heterocycles. The average molecular weight is 450 g/mol. The summed E-state index contributed by atoms with van der Waals surface area (Å²) in [6.45, 7) is 0. The third-order valence-corrected chi connectivity index (χ3v) is 6.10. The fraction of sp³-hybridized carbons (Fsp3) is 0. The molecule has 0 aliphatic carbocycles. The summed E-state index contributed by atoms with van der Waals surface area (Å²) in [6, 6.07) is 1.94. The molecule has 0 heterocycles. The smallest absolute Gasteiger partial charge is 1.00 e. The second kappa shape index (κ2) is 6.16. The Morgan fingerprint density at radius 1 is 1.00 bits per heavy atom. The molecule has 0 unspecified atom stereocenters. The van der Waals surface area contributed by atoms with Gasteiger partial charge in [-0.15, -0.1) is 12.6 Å².